The number of nitrogens with zero attached hydrogens (tertiary/aromatic N) is 4. The van der Waals surface area contributed by atoms with Gasteiger partial charge < -0.3 is 0 Å². The van der Waals surface area contributed by atoms with Crippen molar-refractivity contribution >= 4 is 23.4 Å². The van der Waals surface area contributed by atoms with Crippen molar-refractivity contribution in [1.29, 1.82) is 0 Å². The molecule has 0 aliphatic heterocycles. The molecule has 0 unspecified atom stereocenters. The summed E-state index contributed by atoms with van der Waals surface area (Å²) < 4.78 is 0. The minimum Gasteiger partial charge on any atom is -0.254 e. The summed E-state index contributed by atoms with van der Waals surface area (Å²) in [5, 5.41) is 8.41. The molecule has 2 aromatic heterocycles. The van der Waals surface area contributed by atoms with Crippen LogP contribution in [-0.2, 0) is 0 Å². The molecule has 5 nitrogen and oxygen atoms in total. The lowest BCUT2D eigenvalue weighted by Gasteiger charge is -2.05. The maximum atomic E-state index is 5.92. The topological polar surface area (TPSA) is 67.3 Å². The van der Waals surface area contributed by atoms with E-state index in [1.165, 1.54) is 18.1 Å². The molecule has 0 aromatic carbocycles. The molecule has 2 heterocycles. The van der Waals surface area contributed by atoms with E-state index >= 15 is 0 Å². The molecule has 84 valence electrons. The third kappa shape index (κ3) is 2.70. The van der Waals surface area contributed by atoms with Crippen LogP contribution in [0.2, 0.25) is 5.15 Å². The SMILES string of the molecule is CC(C)c1nc(Cl)cc(Sc2ncn[nH]2)n1. The van der Waals surface area contributed by atoms with E-state index in [1.807, 2.05) is 13.8 Å². The number of H-pyrrole nitrogens is 1. The van der Waals surface area contributed by atoms with Crippen molar-refractivity contribution in [2.75, 3.05) is 0 Å². The van der Waals surface area contributed by atoms with Crippen molar-refractivity contribution in [2.24, 2.45) is 0 Å². The second-order valence-electron chi connectivity index (χ2n) is 3.43. The third-order valence-electron chi connectivity index (χ3n) is 1.80. The molecule has 1 N–H and O–H groups in total. The lowest BCUT2D eigenvalue weighted by molar-refractivity contribution is 0.753. The highest BCUT2D eigenvalue weighted by Gasteiger charge is 2.09. The van der Waals surface area contributed by atoms with Gasteiger partial charge in [0.15, 0.2) is 5.16 Å². The molecule has 0 fully saturated rings. The number of halogens is 1. The fourth-order valence-electron chi connectivity index (χ4n) is 1.07. The molecule has 2 rings (SSSR count). The predicted octanol–water partition coefficient (Wildman–Crippen LogP) is 2.52. The zero-order valence-corrected chi connectivity index (χ0v) is 10.4. The molecule has 0 spiro atoms. The highest BCUT2D eigenvalue weighted by atomic mass is 35.5. The molecule has 0 saturated carbocycles. The van der Waals surface area contributed by atoms with E-state index in [2.05, 4.69) is 25.1 Å². The maximum absolute atomic E-state index is 5.92. The third-order valence-corrected chi connectivity index (χ3v) is 2.80. The van der Waals surface area contributed by atoms with Gasteiger partial charge in [0, 0.05) is 12.0 Å². The van der Waals surface area contributed by atoms with E-state index in [4.69, 9.17) is 11.6 Å². The first-order valence-electron chi connectivity index (χ1n) is 4.73. The van der Waals surface area contributed by atoms with Crippen LogP contribution in [0.4, 0.5) is 0 Å². The number of aromatic amines is 1. The summed E-state index contributed by atoms with van der Waals surface area (Å²) in [4.78, 5) is 12.6. The van der Waals surface area contributed by atoms with Crippen molar-refractivity contribution in [3.8, 4) is 0 Å². The number of rotatable bonds is 3. The fraction of sp³-hybridized carbons (Fsp3) is 0.333. The Balaban J connectivity index is 2.27. The van der Waals surface area contributed by atoms with Gasteiger partial charge in [-0.25, -0.2) is 15.0 Å². The van der Waals surface area contributed by atoms with Crippen LogP contribution in [0.3, 0.4) is 0 Å². The number of hydrogen-bond acceptors (Lipinski definition) is 5. The Morgan fingerprint density at radius 3 is 2.81 bits per heavy atom. The van der Waals surface area contributed by atoms with Crippen molar-refractivity contribution in [2.45, 2.75) is 29.9 Å². The molecular weight excluding hydrogens is 246 g/mol. The average molecular weight is 256 g/mol. The van der Waals surface area contributed by atoms with E-state index in [9.17, 15) is 0 Å². The minimum atomic E-state index is 0.243. The van der Waals surface area contributed by atoms with E-state index in [-0.39, 0.29) is 5.92 Å². The molecule has 0 saturated heterocycles. The van der Waals surface area contributed by atoms with E-state index < -0.39 is 0 Å². The molecule has 16 heavy (non-hydrogen) atoms. The first-order chi connectivity index (χ1) is 7.65. The van der Waals surface area contributed by atoms with Gasteiger partial charge >= 0.3 is 0 Å². The molecule has 7 heteroatoms. The van der Waals surface area contributed by atoms with Crippen LogP contribution in [0.1, 0.15) is 25.6 Å². The molecule has 0 amide bonds. The second-order valence-corrected chi connectivity index (χ2v) is 4.83. The van der Waals surface area contributed by atoms with Gasteiger partial charge in [-0.1, -0.05) is 25.4 Å². The zero-order valence-electron chi connectivity index (χ0n) is 8.81. The standard InChI is InChI=1S/C9H10ClN5S/c1-5(2)8-13-6(10)3-7(14-8)16-9-11-4-12-15-9/h3-5H,1-2H3,(H,11,12,15). The van der Waals surface area contributed by atoms with Gasteiger partial charge in [-0.2, -0.15) is 5.10 Å². The summed E-state index contributed by atoms with van der Waals surface area (Å²) in [6.45, 7) is 4.04. The molecular formula is C9H10ClN5S. The van der Waals surface area contributed by atoms with Gasteiger partial charge in [0.05, 0.1) is 0 Å². The first kappa shape index (κ1) is 11.3. The molecule has 0 aliphatic rings. The van der Waals surface area contributed by atoms with Crippen LogP contribution in [0, 0.1) is 0 Å². The number of nitrogens with one attached hydrogen (secondary N) is 1. The summed E-state index contributed by atoms with van der Waals surface area (Å²) >= 11 is 7.30. The Labute approximate surface area is 102 Å². The summed E-state index contributed by atoms with van der Waals surface area (Å²) in [7, 11) is 0. The van der Waals surface area contributed by atoms with Gasteiger partial charge in [0.25, 0.3) is 0 Å². The van der Waals surface area contributed by atoms with E-state index in [0.717, 1.165) is 10.9 Å². The highest BCUT2D eigenvalue weighted by Crippen LogP contribution is 2.25. The molecule has 0 radical (unpaired) electrons. The maximum Gasteiger partial charge on any atom is 0.189 e. The van der Waals surface area contributed by atoms with Crippen LogP contribution in [0.5, 0.6) is 0 Å². The quantitative estimate of drug-likeness (QED) is 0.854. The highest BCUT2D eigenvalue weighted by molar-refractivity contribution is 7.99. The van der Waals surface area contributed by atoms with Crippen LogP contribution in [-0.4, -0.2) is 25.1 Å². The van der Waals surface area contributed by atoms with Gasteiger partial charge in [0.2, 0.25) is 0 Å². The van der Waals surface area contributed by atoms with Crippen LogP contribution >= 0.6 is 23.4 Å². The average Bonchev–Trinajstić information content (AvgIpc) is 2.69. The van der Waals surface area contributed by atoms with Gasteiger partial charge in [0.1, 0.15) is 22.3 Å². The van der Waals surface area contributed by atoms with Crippen LogP contribution in [0.25, 0.3) is 0 Å². The molecule has 0 aliphatic carbocycles. The normalized spacial score (nSPS) is 11.0. The molecule has 2 aromatic rings. The smallest absolute Gasteiger partial charge is 0.189 e. The molecule has 0 bridgehead atoms. The minimum absolute atomic E-state index is 0.243. The molecule has 0 atom stereocenters. The number of hydrogen-bond donors (Lipinski definition) is 1. The van der Waals surface area contributed by atoms with Crippen molar-refractivity contribution in [1.82, 2.24) is 25.1 Å². The summed E-state index contributed by atoms with van der Waals surface area (Å²) in [6.07, 6.45) is 1.45. The lowest BCUT2D eigenvalue weighted by Crippen LogP contribution is -1.98. The summed E-state index contributed by atoms with van der Waals surface area (Å²) in [5.74, 6) is 0.974. The monoisotopic (exact) mass is 255 g/mol. The lowest BCUT2D eigenvalue weighted by atomic mass is 10.2. The van der Waals surface area contributed by atoms with Crippen molar-refractivity contribution < 1.29 is 0 Å². The number of aromatic nitrogens is 5. The van der Waals surface area contributed by atoms with Gasteiger partial charge in [-0.15, -0.1) is 0 Å². The summed E-state index contributed by atoms with van der Waals surface area (Å²) in [6, 6.07) is 1.71. The largest absolute Gasteiger partial charge is 0.254 e. The fourth-order valence-corrected chi connectivity index (χ4v) is 2.03. The van der Waals surface area contributed by atoms with Crippen LogP contribution < -0.4 is 0 Å². The Kier molecular flexibility index (Phi) is 3.40. The van der Waals surface area contributed by atoms with Gasteiger partial charge in [-0.05, 0) is 11.8 Å². The van der Waals surface area contributed by atoms with Crippen molar-refractivity contribution in [3.63, 3.8) is 0 Å². The predicted molar refractivity (Wildman–Crippen MR) is 61.6 cm³/mol. The van der Waals surface area contributed by atoms with Gasteiger partial charge in [-0.3, -0.25) is 5.10 Å². The summed E-state index contributed by atoms with van der Waals surface area (Å²) in [5.41, 5.74) is 0. The first-order valence-corrected chi connectivity index (χ1v) is 5.92. The van der Waals surface area contributed by atoms with Crippen molar-refractivity contribution in [3.05, 3.63) is 23.4 Å². The second kappa shape index (κ2) is 4.80. The van der Waals surface area contributed by atoms with Crippen LogP contribution in [0.15, 0.2) is 22.6 Å². The Morgan fingerprint density at radius 1 is 1.38 bits per heavy atom. The Hall–Kier alpha value is -1.14. The Morgan fingerprint density at radius 2 is 2.19 bits per heavy atom. The Bertz CT molecular complexity index is 471. The van der Waals surface area contributed by atoms with E-state index in [1.54, 1.807) is 6.07 Å². The zero-order chi connectivity index (χ0) is 11.5. The van der Waals surface area contributed by atoms with E-state index in [0.29, 0.717) is 10.3 Å².